The van der Waals surface area contributed by atoms with Crippen molar-refractivity contribution in [3.63, 3.8) is 0 Å². The van der Waals surface area contributed by atoms with Gasteiger partial charge in [-0.2, -0.15) is 0 Å². The number of rotatable bonds is 3. The van der Waals surface area contributed by atoms with Gasteiger partial charge in [-0.3, -0.25) is 4.57 Å². The lowest BCUT2D eigenvalue weighted by Gasteiger charge is -2.11. The molecule has 5 nitrogen and oxygen atoms in total. The molecule has 0 aliphatic rings. The Kier molecular flexibility index (Phi) is 4.52. The lowest BCUT2D eigenvalue weighted by molar-refractivity contribution is 0.460. The van der Waals surface area contributed by atoms with Gasteiger partial charge >= 0.3 is 0 Å². The highest BCUT2D eigenvalue weighted by Crippen LogP contribution is 2.37. The van der Waals surface area contributed by atoms with Crippen LogP contribution in [0.25, 0.3) is 38.5 Å². The normalized spacial score (nSPS) is 11.5. The number of nitrogens with zero attached hydrogens (tertiary/aromatic N) is 3. The van der Waals surface area contributed by atoms with Crippen molar-refractivity contribution < 1.29 is 9.84 Å². The van der Waals surface area contributed by atoms with Gasteiger partial charge in [0, 0.05) is 34.5 Å². The van der Waals surface area contributed by atoms with E-state index >= 15 is 0 Å². The number of benzene rings is 3. The van der Waals surface area contributed by atoms with Crippen LogP contribution in [0.1, 0.15) is 16.7 Å². The summed E-state index contributed by atoms with van der Waals surface area (Å²) in [6, 6.07) is 23.9. The smallest absolute Gasteiger partial charge is 0.219 e. The number of pyridine rings is 2. The zero-order valence-electron chi connectivity index (χ0n) is 19.2. The number of aryl methyl sites for hydroxylation is 3. The van der Waals surface area contributed by atoms with Crippen LogP contribution in [-0.2, 0) is 0 Å². The van der Waals surface area contributed by atoms with E-state index in [1.54, 1.807) is 6.07 Å². The molecule has 0 fully saturated rings. The second kappa shape index (κ2) is 7.59. The Morgan fingerprint density at radius 3 is 2.47 bits per heavy atom. The van der Waals surface area contributed by atoms with Crippen molar-refractivity contribution >= 4 is 32.7 Å². The lowest BCUT2D eigenvalue weighted by atomic mass is 10.1. The van der Waals surface area contributed by atoms with Crippen molar-refractivity contribution in [2.45, 2.75) is 20.8 Å². The van der Waals surface area contributed by atoms with E-state index in [0.717, 1.165) is 38.9 Å². The van der Waals surface area contributed by atoms with Crippen LogP contribution >= 0.6 is 0 Å². The largest absolute Gasteiger partial charge is 0.506 e. The van der Waals surface area contributed by atoms with Gasteiger partial charge in [0.2, 0.25) is 5.88 Å². The van der Waals surface area contributed by atoms with E-state index in [2.05, 4.69) is 40.7 Å². The molecule has 166 valence electrons. The fourth-order valence-electron chi connectivity index (χ4n) is 4.68. The van der Waals surface area contributed by atoms with Crippen LogP contribution in [0, 0.1) is 20.8 Å². The van der Waals surface area contributed by atoms with Gasteiger partial charge in [0.15, 0.2) is 0 Å². The molecule has 0 saturated heterocycles. The first-order chi connectivity index (χ1) is 16.5. The second-order valence-corrected chi connectivity index (χ2v) is 8.73. The standard InChI is InChI=1S/C29H23N3O2/c1-17-8-12-26(30-16-17)32-23-7-5-4-6-22(23)28-19(3)14-20(15-24(28)32)34-27-13-10-21-18(2)9-11-25(33)29(21)31-27/h4-16,33H,1-3H3. The number of aromatic hydroxyl groups is 1. The maximum atomic E-state index is 10.3. The van der Waals surface area contributed by atoms with E-state index in [1.807, 2.05) is 62.5 Å². The van der Waals surface area contributed by atoms with E-state index in [0.29, 0.717) is 17.1 Å². The maximum Gasteiger partial charge on any atom is 0.219 e. The van der Waals surface area contributed by atoms with E-state index in [1.165, 1.54) is 10.8 Å². The molecule has 6 rings (SSSR count). The summed E-state index contributed by atoms with van der Waals surface area (Å²) < 4.78 is 8.39. The second-order valence-electron chi connectivity index (χ2n) is 8.73. The molecule has 3 heterocycles. The first kappa shape index (κ1) is 20.2. The molecular formula is C29H23N3O2. The third-order valence-electron chi connectivity index (χ3n) is 6.32. The van der Waals surface area contributed by atoms with Crippen molar-refractivity contribution in [2.75, 3.05) is 0 Å². The van der Waals surface area contributed by atoms with Crippen LogP contribution in [0.5, 0.6) is 17.4 Å². The molecule has 34 heavy (non-hydrogen) atoms. The molecule has 3 aromatic carbocycles. The minimum Gasteiger partial charge on any atom is -0.506 e. The number of fused-ring (bicyclic) bond motifs is 4. The molecule has 1 N–H and O–H groups in total. The molecule has 0 amide bonds. The third-order valence-corrected chi connectivity index (χ3v) is 6.32. The van der Waals surface area contributed by atoms with E-state index < -0.39 is 0 Å². The Morgan fingerprint density at radius 2 is 1.65 bits per heavy atom. The van der Waals surface area contributed by atoms with Gasteiger partial charge in [0.1, 0.15) is 22.8 Å². The summed E-state index contributed by atoms with van der Waals surface area (Å²) in [5.74, 6) is 2.12. The number of hydrogen-bond acceptors (Lipinski definition) is 4. The van der Waals surface area contributed by atoms with Gasteiger partial charge in [-0.05, 0) is 67.8 Å². The van der Waals surface area contributed by atoms with Crippen LogP contribution < -0.4 is 4.74 Å². The third kappa shape index (κ3) is 3.17. The van der Waals surface area contributed by atoms with Crippen molar-refractivity contribution in [2.24, 2.45) is 0 Å². The SMILES string of the molecule is Cc1ccc(-n2c3ccccc3c3c(C)cc(Oc4ccc5c(C)ccc(O)c5n4)cc32)nc1. The molecule has 0 bridgehead atoms. The number of phenols is 1. The average Bonchev–Trinajstić information content (AvgIpc) is 3.17. The summed E-state index contributed by atoms with van der Waals surface area (Å²) in [6.45, 7) is 6.13. The van der Waals surface area contributed by atoms with Crippen molar-refractivity contribution in [1.29, 1.82) is 0 Å². The van der Waals surface area contributed by atoms with Crippen LogP contribution in [-0.4, -0.2) is 19.6 Å². The first-order valence-electron chi connectivity index (χ1n) is 11.2. The van der Waals surface area contributed by atoms with E-state index in [4.69, 9.17) is 9.72 Å². The van der Waals surface area contributed by atoms with Gasteiger partial charge in [-0.1, -0.05) is 30.3 Å². The van der Waals surface area contributed by atoms with Crippen LogP contribution in [0.15, 0.2) is 79.0 Å². The zero-order chi connectivity index (χ0) is 23.4. The molecule has 0 unspecified atom stereocenters. The number of hydrogen-bond donors (Lipinski definition) is 1. The minimum atomic E-state index is 0.142. The van der Waals surface area contributed by atoms with Gasteiger partial charge in [-0.25, -0.2) is 9.97 Å². The average molecular weight is 446 g/mol. The van der Waals surface area contributed by atoms with Gasteiger partial charge < -0.3 is 9.84 Å². The Bertz CT molecular complexity index is 1720. The van der Waals surface area contributed by atoms with Crippen molar-refractivity contribution in [3.8, 4) is 23.2 Å². The molecule has 3 aromatic heterocycles. The van der Waals surface area contributed by atoms with Crippen LogP contribution in [0.2, 0.25) is 0 Å². The molecule has 0 spiro atoms. The summed E-state index contributed by atoms with van der Waals surface area (Å²) >= 11 is 0. The van der Waals surface area contributed by atoms with Crippen molar-refractivity contribution in [1.82, 2.24) is 14.5 Å². The first-order valence-corrected chi connectivity index (χ1v) is 11.2. The van der Waals surface area contributed by atoms with E-state index in [-0.39, 0.29) is 5.75 Å². The molecule has 0 aliphatic heterocycles. The summed E-state index contributed by atoms with van der Waals surface area (Å²) in [6.07, 6.45) is 1.89. The quantitative estimate of drug-likeness (QED) is 0.314. The zero-order valence-corrected chi connectivity index (χ0v) is 19.2. The van der Waals surface area contributed by atoms with Gasteiger partial charge in [-0.15, -0.1) is 0 Å². The molecule has 0 saturated carbocycles. The van der Waals surface area contributed by atoms with E-state index in [9.17, 15) is 5.11 Å². The Morgan fingerprint density at radius 1 is 0.794 bits per heavy atom. The van der Waals surface area contributed by atoms with Gasteiger partial charge in [0.05, 0.1) is 11.0 Å². The molecule has 5 heteroatoms. The highest BCUT2D eigenvalue weighted by molar-refractivity contribution is 6.11. The lowest BCUT2D eigenvalue weighted by Crippen LogP contribution is -1.98. The predicted molar refractivity (Wildman–Crippen MR) is 136 cm³/mol. The highest BCUT2D eigenvalue weighted by atomic mass is 16.5. The fraction of sp³-hybridized carbons (Fsp3) is 0.103. The molecule has 6 aromatic rings. The topological polar surface area (TPSA) is 60.2 Å². The summed E-state index contributed by atoms with van der Waals surface area (Å²) in [5.41, 5.74) is 5.93. The Labute approximate surface area is 196 Å². The molecule has 0 aliphatic carbocycles. The van der Waals surface area contributed by atoms with Gasteiger partial charge in [0.25, 0.3) is 0 Å². The minimum absolute atomic E-state index is 0.142. The Balaban J connectivity index is 1.54. The fourth-order valence-corrected chi connectivity index (χ4v) is 4.68. The number of ether oxygens (including phenoxy) is 1. The summed E-state index contributed by atoms with van der Waals surface area (Å²) in [4.78, 5) is 9.28. The Hall–Kier alpha value is -4.38. The molecule has 0 radical (unpaired) electrons. The number of para-hydroxylation sites is 1. The number of phenolic OH excluding ortho intramolecular Hbond substituents is 1. The molecular weight excluding hydrogens is 422 g/mol. The summed E-state index contributed by atoms with van der Waals surface area (Å²) in [5, 5.41) is 13.6. The summed E-state index contributed by atoms with van der Waals surface area (Å²) in [7, 11) is 0. The van der Waals surface area contributed by atoms with Crippen molar-refractivity contribution in [3.05, 3.63) is 95.7 Å². The molecule has 0 atom stereocenters. The van der Waals surface area contributed by atoms with Crippen LogP contribution in [0.4, 0.5) is 0 Å². The predicted octanol–water partition coefficient (Wildman–Crippen LogP) is 7.15. The maximum absolute atomic E-state index is 10.3. The number of aromatic nitrogens is 3. The highest BCUT2D eigenvalue weighted by Gasteiger charge is 2.16. The monoisotopic (exact) mass is 445 g/mol. The van der Waals surface area contributed by atoms with Crippen LogP contribution in [0.3, 0.4) is 0 Å².